The van der Waals surface area contributed by atoms with E-state index in [0.29, 0.717) is 31.8 Å². The van der Waals surface area contributed by atoms with Crippen LogP contribution in [0.3, 0.4) is 0 Å². The Labute approximate surface area is 248 Å². The van der Waals surface area contributed by atoms with Crippen LogP contribution in [0.2, 0.25) is 0 Å². The predicted octanol–water partition coefficient (Wildman–Crippen LogP) is 4.28. The Morgan fingerprint density at radius 1 is 1.17 bits per heavy atom. The van der Waals surface area contributed by atoms with Gasteiger partial charge in [0, 0.05) is 36.1 Å². The maximum absolute atomic E-state index is 14.5. The molecule has 2 bridgehead atoms. The maximum Gasteiger partial charge on any atom is 0.247 e. The van der Waals surface area contributed by atoms with Crippen molar-refractivity contribution in [3.8, 4) is 5.75 Å². The quantitative estimate of drug-likeness (QED) is 0.329. The number of carbonyl (C=O) groups is 3. The van der Waals surface area contributed by atoms with Crippen molar-refractivity contribution in [2.24, 2.45) is 11.8 Å². The SMILES string of the molecule is C=CCN(C(=O)[C@H]1[C@H]2C(=O)N(CCO)C(C(=O)N(CC=C)C(C)CCC)C23CC[C@]1(C)S3)c1ccc(OCC)cc1. The van der Waals surface area contributed by atoms with Crippen LogP contribution in [0.4, 0.5) is 5.69 Å². The molecule has 0 radical (unpaired) electrons. The molecule has 3 aliphatic heterocycles. The predicted molar refractivity (Wildman–Crippen MR) is 164 cm³/mol. The van der Waals surface area contributed by atoms with Crippen LogP contribution in [-0.2, 0) is 14.4 Å². The summed E-state index contributed by atoms with van der Waals surface area (Å²) >= 11 is 1.65. The van der Waals surface area contributed by atoms with Gasteiger partial charge >= 0.3 is 0 Å². The number of rotatable bonds is 14. The highest BCUT2D eigenvalue weighted by Gasteiger charge is 2.77. The molecule has 1 aromatic rings. The topological polar surface area (TPSA) is 90.4 Å². The lowest BCUT2D eigenvalue weighted by molar-refractivity contribution is -0.144. The second-order valence-electron chi connectivity index (χ2n) is 11.6. The zero-order valence-electron chi connectivity index (χ0n) is 24.9. The first-order valence-electron chi connectivity index (χ1n) is 14.8. The largest absolute Gasteiger partial charge is 0.494 e. The first kappa shape index (κ1) is 31.2. The molecular weight excluding hydrogens is 538 g/mol. The number of thioether (sulfide) groups is 1. The van der Waals surface area contributed by atoms with Gasteiger partial charge in [-0.1, -0.05) is 25.5 Å². The zero-order valence-corrected chi connectivity index (χ0v) is 25.7. The van der Waals surface area contributed by atoms with E-state index in [1.165, 1.54) is 0 Å². The van der Waals surface area contributed by atoms with Crippen molar-refractivity contribution in [1.82, 2.24) is 9.80 Å². The summed E-state index contributed by atoms with van der Waals surface area (Å²) in [5.74, 6) is -1.00. The zero-order chi connectivity index (χ0) is 29.9. The molecule has 1 aromatic carbocycles. The van der Waals surface area contributed by atoms with Crippen LogP contribution >= 0.6 is 11.8 Å². The fourth-order valence-electron chi connectivity index (χ4n) is 7.29. The third-order valence-electron chi connectivity index (χ3n) is 9.00. The molecule has 3 aliphatic rings. The maximum atomic E-state index is 14.5. The first-order chi connectivity index (χ1) is 19.6. The van der Waals surface area contributed by atoms with E-state index in [1.54, 1.807) is 33.7 Å². The number of fused-ring (bicyclic) bond motifs is 1. The third-order valence-corrected chi connectivity index (χ3v) is 11.0. The van der Waals surface area contributed by atoms with Crippen molar-refractivity contribution in [1.29, 1.82) is 0 Å². The van der Waals surface area contributed by atoms with Crippen LogP contribution in [-0.4, -0.2) is 87.1 Å². The number of benzene rings is 1. The fourth-order valence-corrected chi connectivity index (χ4v) is 9.64. The minimum Gasteiger partial charge on any atom is -0.494 e. The Bertz CT molecular complexity index is 1160. The molecular formula is C32H45N3O5S. The average Bonchev–Trinajstić information content (AvgIpc) is 3.51. The number of anilines is 1. The molecule has 41 heavy (non-hydrogen) atoms. The summed E-state index contributed by atoms with van der Waals surface area (Å²) in [6, 6.07) is 6.62. The molecule has 3 unspecified atom stereocenters. The second kappa shape index (κ2) is 12.6. The van der Waals surface area contributed by atoms with E-state index in [4.69, 9.17) is 4.74 Å². The van der Waals surface area contributed by atoms with Gasteiger partial charge in [-0.05, 0) is 64.3 Å². The van der Waals surface area contributed by atoms with Gasteiger partial charge in [0.15, 0.2) is 0 Å². The molecule has 4 rings (SSSR count). The number of hydrogen-bond acceptors (Lipinski definition) is 6. The van der Waals surface area contributed by atoms with Crippen LogP contribution in [0.25, 0.3) is 0 Å². The molecule has 0 saturated carbocycles. The second-order valence-corrected chi connectivity index (χ2v) is 13.5. The number of hydrogen-bond donors (Lipinski definition) is 1. The standard InChI is InChI=1S/C32H45N3O5S/c1-7-11-22(5)33(18-8-2)30(39)27-32-17-16-31(6,41-32)25(26(32)29(38)35(27)20-21-36)28(37)34(19-9-3)23-12-14-24(15-13-23)40-10-4/h8-9,12-15,22,25-27,36H,2-3,7,10-11,16-21H2,1,4-6H3/t22?,25-,26+,27?,31+,32?/m1/s1. The van der Waals surface area contributed by atoms with E-state index in [0.717, 1.165) is 25.0 Å². The number of amides is 3. The van der Waals surface area contributed by atoms with E-state index in [-0.39, 0.29) is 36.9 Å². The lowest BCUT2D eigenvalue weighted by atomic mass is 9.66. The van der Waals surface area contributed by atoms with Gasteiger partial charge in [-0.2, -0.15) is 0 Å². The van der Waals surface area contributed by atoms with Gasteiger partial charge < -0.3 is 24.5 Å². The molecule has 3 saturated heterocycles. The number of likely N-dealkylation sites (tertiary alicyclic amines) is 1. The van der Waals surface area contributed by atoms with Crippen molar-refractivity contribution in [2.75, 3.05) is 37.7 Å². The van der Waals surface area contributed by atoms with E-state index in [2.05, 4.69) is 27.0 Å². The molecule has 1 N–H and O–H groups in total. The van der Waals surface area contributed by atoms with Crippen LogP contribution < -0.4 is 9.64 Å². The van der Waals surface area contributed by atoms with Gasteiger partial charge in [0.25, 0.3) is 0 Å². The molecule has 3 amide bonds. The minimum absolute atomic E-state index is 0.0219. The van der Waals surface area contributed by atoms with Gasteiger partial charge in [0.05, 0.1) is 29.8 Å². The minimum atomic E-state index is -0.741. The summed E-state index contributed by atoms with van der Waals surface area (Å²) in [6.45, 7) is 16.9. The van der Waals surface area contributed by atoms with Crippen LogP contribution in [0.1, 0.15) is 53.4 Å². The van der Waals surface area contributed by atoms with Gasteiger partial charge in [0.2, 0.25) is 17.7 Å². The van der Waals surface area contributed by atoms with E-state index in [9.17, 15) is 19.5 Å². The molecule has 224 valence electrons. The normalized spacial score (nSPS) is 28.8. The lowest BCUT2D eigenvalue weighted by Crippen LogP contribution is -2.57. The summed E-state index contributed by atoms with van der Waals surface area (Å²) < 4.78 is 4.36. The number of ether oxygens (including phenoxy) is 1. The number of nitrogens with zero attached hydrogens (tertiary/aromatic N) is 3. The van der Waals surface area contributed by atoms with Crippen LogP contribution in [0, 0.1) is 11.8 Å². The number of β-amino-alcohol motifs (C(OH)–C–C–N with tert-alkyl or cyclic N) is 1. The average molecular weight is 584 g/mol. The molecule has 8 nitrogen and oxygen atoms in total. The first-order valence-corrected chi connectivity index (χ1v) is 15.6. The van der Waals surface area contributed by atoms with Gasteiger partial charge in [-0.15, -0.1) is 24.9 Å². The van der Waals surface area contributed by atoms with Crippen molar-refractivity contribution in [2.45, 2.75) is 75.0 Å². The Morgan fingerprint density at radius 2 is 1.85 bits per heavy atom. The number of aliphatic hydroxyl groups excluding tert-OH is 1. The van der Waals surface area contributed by atoms with E-state index < -0.39 is 27.4 Å². The molecule has 1 spiro atoms. The summed E-state index contributed by atoms with van der Waals surface area (Å²) in [5, 5.41) is 9.96. The van der Waals surface area contributed by atoms with Crippen molar-refractivity contribution >= 4 is 35.2 Å². The molecule has 0 aromatic heterocycles. The van der Waals surface area contributed by atoms with Crippen LogP contribution in [0.5, 0.6) is 5.75 Å². The van der Waals surface area contributed by atoms with E-state index in [1.807, 2.05) is 43.0 Å². The van der Waals surface area contributed by atoms with Gasteiger partial charge in [0.1, 0.15) is 11.8 Å². The lowest BCUT2D eigenvalue weighted by Gasteiger charge is -2.39. The van der Waals surface area contributed by atoms with Crippen LogP contribution in [0.15, 0.2) is 49.6 Å². The summed E-state index contributed by atoms with van der Waals surface area (Å²) in [6.07, 6.45) is 6.57. The summed E-state index contributed by atoms with van der Waals surface area (Å²) in [4.78, 5) is 48.2. The highest BCUT2D eigenvalue weighted by Crippen LogP contribution is 2.71. The molecule has 0 aliphatic carbocycles. The Morgan fingerprint density at radius 3 is 2.44 bits per heavy atom. The molecule has 9 heteroatoms. The van der Waals surface area contributed by atoms with Crippen molar-refractivity contribution in [3.05, 3.63) is 49.6 Å². The fraction of sp³-hybridized carbons (Fsp3) is 0.594. The Balaban J connectivity index is 1.75. The van der Waals surface area contributed by atoms with Crippen molar-refractivity contribution in [3.63, 3.8) is 0 Å². The molecule has 3 fully saturated rings. The monoisotopic (exact) mass is 583 g/mol. The van der Waals surface area contributed by atoms with Gasteiger partial charge in [-0.3, -0.25) is 14.4 Å². The van der Waals surface area contributed by atoms with Crippen molar-refractivity contribution < 1.29 is 24.2 Å². The number of aliphatic hydroxyl groups is 1. The van der Waals surface area contributed by atoms with E-state index >= 15 is 0 Å². The smallest absolute Gasteiger partial charge is 0.247 e. The third kappa shape index (κ3) is 5.31. The highest BCUT2D eigenvalue weighted by molar-refractivity contribution is 8.02. The molecule has 6 atom stereocenters. The summed E-state index contributed by atoms with van der Waals surface area (Å²) in [5.41, 5.74) is 0.708. The summed E-state index contributed by atoms with van der Waals surface area (Å²) in [7, 11) is 0. The highest BCUT2D eigenvalue weighted by atomic mass is 32.2. The Hall–Kier alpha value is -2.78. The molecule has 3 heterocycles. The van der Waals surface area contributed by atoms with Gasteiger partial charge in [-0.25, -0.2) is 0 Å². The Kier molecular flexibility index (Phi) is 9.59. The number of carbonyl (C=O) groups excluding carboxylic acids is 3.